The van der Waals surface area contributed by atoms with Crippen molar-refractivity contribution in [2.45, 2.75) is 26.3 Å². The summed E-state index contributed by atoms with van der Waals surface area (Å²) in [6.45, 7) is 2.69. The van der Waals surface area contributed by atoms with E-state index in [0.717, 1.165) is 22.3 Å². The van der Waals surface area contributed by atoms with Crippen LogP contribution in [0, 0.1) is 6.92 Å². The Bertz CT molecular complexity index is 1550. The number of hydrogen-bond acceptors (Lipinski definition) is 6. The van der Waals surface area contributed by atoms with E-state index < -0.39 is 15.8 Å². The molecule has 0 spiro atoms. The van der Waals surface area contributed by atoms with Crippen LogP contribution >= 0.6 is 0 Å². The molecule has 5 rings (SSSR count). The smallest absolute Gasteiger partial charge is 0.215 e. The number of sulfonamides is 1. The van der Waals surface area contributed by atoms with Crippen LogP contribution in [0.5, 0.6) is 5.75 Å². The van der Waals surface area contributed by atoms with E-state index in [0.29, 0.717) is 35.9 Å². The Hall–Kier alpha value is -3.62. The largest absolute Gasteiger partial charge is 0.504 e. The molecule has 1 saturated heterocycles. The molecule has 2 aromatic heterocycles. The van der Waals surface area contributed by atoms with Crippen molar-refractivity contribution in [2.24, 2.45) is 0 Å². The number of carbonyl (C=O) groups excluding carboxylic acids is 1. The number of hydrogen-bond donors (Lipinski definition) is 1. The van der Waals surface area contributed by atoms with E-state index in [1.165, 1.54) is 10.5 Å². The second-order valence-corrected chi connectivity index (χ2v) is 11.0. The number of nitrogens with zero attached hydrogens (tertiary/aromatic N) is 3. The highest BCUT2D eigenvalue weighted by Gasteiger charge is 2.28. The number of pyridine rings is 2. The lowest BCUT2D eigenvalue weighted by Crippen LogP contribution is -2.25. The Morgan fingerprint density at radius 2 is 1.86 bits per heavy atom. The molecule has 0 bridgehead atoms. The molecule has 35 heavy (non-hydrogen) atoms. The number of aromatic nitrogens is 2. The van der Waals surface area contributed by atoms with Crippen LogP contribution in [0.4, 0.5) is 0 Å². The quantitative estimate of drug-likeness (QED) is 0.413. The lowest BCUT2D eigenvalue weighted by Gasteiger charge is -2.16. The van der Waals surface area contributed by atoms with Gasteiger partial charge in [-0.1, -0.05) is 35.9 Å². The topological polar surface area (TPSA) is 100 Å². The van der Waals surface area contributed by atoms with Gasteiger partial charge in [-0.05, 0) is 60.7 Å². The van der Waals surface area contributed by atoms with Crippen molar-refractivity contribution < 1.29 is 18.3 Å². The van der Waals surface area contributed by atoms with Crippen molar-refractivity contribution in [2.75, 3.05) is 12.3 Å². The molecule has 3 heterocycles. The summed E-state index contributed by atoms with van der Waals surface area (Å²) >= 11 is 0. The van der Waals surface area contributed by atoms with Crippen LogP contribution in [0.2, 0.25) is 0 Å². The van der Waals surface area contributed by atoms with Gasteiger partial charge in [-0.15, -0.1) is 0 Å². The summed E-state index contributed by atoms with van der Waals surface area (Å²) in [6, 6.07) is 17.0. The Kier molecular flexibility index (Phi) is 6.08. The summed E-state index contributed by atoms with van der Waals surface area (Å²) in [5.74, 6) is -0.559. The summed E-state index contributed by atoms with van der Waals surface area (Å²) in [4.78, 5) is 21.9. The number of aryl methyl sites for hydroxylation is 1. The van der Waals surface area contributed by atoms with Gasteiger partial charge in [0.05, 0.1) is 5.75 Å². The van der Waals surface area contributed by atoms with Gasteiger partial charge in [0.2, 0.25) is 15.8 Å². The lowest BCUT2D eigenvalue weighted by atomic mass is 9.96. The van der Waals surface area contributed by atoms with Crippen molar-refractivity contribution >= 4 is 26.7 Å². The minimum absolute atomic E-state index is 0.0800. The molecule has 8 heteroatoms. The van der Waals surface area contributed by atoms with Crippen LogP contribution in [-0.4, -0.2) is 45.9 Å². The molecule has 0 saturated carbocycles. The van der Waals surface area contributed by atoms with E-state index in [1.807, 2.05) is 31.2 Å². The number of aromatic hydroxyl groups is 1. The third-order valence-electron chi connectivity index (χ3n) is 6.20. The SMILES string of the molecule is Cc1cccc(Cc2cc(CN3CCCS3(=O)=O)cc(C(=O)c3ncc4cccnc4c3O)c2)c1. The van der Waals surface area contributed by atoms with Crippen LogP contribution < -0.4 is 0 Å². The Labute approximate surface area is 204 Å². The fourth-order valence-electron chi connectivity index (χ4n) is 4.55. The van der Waals surface area contributed by atoms with E-state index in [2.05, 4.69) is 16.0 Å². The van der Waals surface area contributed by atoms with Crippen LogP contribution in [0.25, 0.3) is 10.9 Å². The maximum atomic E-state index is 13.5. The minimum atomic E-state index is -3.29. The summed E-state index contributed by atoms with van der Waals surface area (Å²) in [6.07, 6.45) is 4.25. The third-order valence-corrected chi connectivity index (χ3v) is 8.11. The number of fused-ring (bicyclic) bond motifs is 1. The van der Waals surface area contributed by atoms with Gasteiger partial charge in [-0.3, -0.25) is 9.78 Å². The molecule has 0 aliphatic carbocycles. The highest BCUT2D eigenvalue weighted by atomic mass is 32.2. The Balaban J connectivity index is 1.56. The summed E-state index contributed by atoms with van der Waals surface area (Å²) in [5.41, 5.74) is 4.41. The van der Waals surface area contributed by atoms with Crippen molar-refractivity contribution in [3.8, 4) is 5.75 Å². The van der Waals surface area contributed by atoms with E-state index in [1.54, 1.807) is 30.5 Å². The Morgan fingerprint density at radius 1 is 1.03 bits per heavy atom. The standard InChI is InChI=1S/C27H25N3O4S/c1-18-5-2-6-19(11-18)12-20-13-21(17-30-9-4-10-35(30,33)34)15-23(14-20)26(31)25-27(32)24-22(16-29-25)7-3-8-28-24/h2-3,5-8,11,13-16,32H,4,9-10,12,17H2,1H3. The third kappa shape index (κ3) is 4.80. The fraction of sp³-hybridized carbons (Fsp3) is 0.222. The highest BCUT2D eigenvalue weighted by Crippen LogP contribution is 2.28. The van der Waals surface area contributed by atoms with Crippen molar-refractivity contribution in [1.29, 1.82) is 0 Å². The summed E-state index contributed by atoms with van der Waals surface area (Å²) in [5, 5.41) is 11.4. The maximum absolute atomic E-state index is 13.5. The molecule has 1 aliphatic heterocycles. The maximum Gasteiger partial charge on any atom is 0.215 e. The average Bonchev–Trinajstić information content (AvgIpc) is 3.16. The van der Waals surface area contributed by atoms with E-state index in [4.69, 9.17) is 0 Å². The molecular weight excluding hydrogens is 462 g/mol. The lowest BCUT2D eigenvalue weighted by molar-refractivity contribution is 0.103. The predicted octanol–water partition coefficient (Wildman–Crippen LogP) is 4.00. The van der Waals surface area contributed by atoms with E-state index >= 15 is 0 Å². The molecule has 7 nitrogen and oxygen atoms in total. The number of carbonyl (C=O) groups is 1. The van der Waals surface area contributed by atoms with Crippen molar-refractivity contribution in [3.05, 3.63) is 101 Å². The van der Waals surface area contributed by atoms with Gasteiger partial charge < -0.3 is 5.11 Å². The zero-order valence-electron chi connectivity index (χ0n) is 19.3. The van der Waals surface area contributed by atoms with Gasteiger partial charge in [-0.2, -0.15) is 4.31 Å². The van der Waals surface area contributed by atoms with Gasteiger partial charge in [0.1, 0.15) is 5.52 Å². The van der Waals surface area contributed by atoms with Crippen molar-refractivity contribution in [1.82, 2.24) is 14.3 Å². The summed E-state index contributed by atoms with van der Waals surface area (Å²) in [7, 11) is -3.29. The molecule has 2 aromatic carbocycles. The molecule has 4 aromatic rings. The number of ketones is 1. The summed E-state index contributed by atoms with van der Waals surface area (Å²) < 4.78 is 26.3. The number of rotatable bonds is 6. The van der Waals surface area contributed by atoms with Crippen LogP contribution in [-0.2, 0) is 23.0 Å². The van der Waals surface area contributed by atoms with Gasteiger partial charge in [-0.25, -0.2) is 13.4 Å². The molecule has 1 fully saturated rings. The first kappa shape index (κ1) is 23.1. The fourth-order valence-corrected chi connectivity index (χ4v) is 6.05. The second kappa shape index (κ2) is 9.20. The average molecular weight is 488 g/mol. The van der Waals surface area contributed by atoms with E-state index in [-0.39, 0.29) is 23.7 Å². The molecule has 0 amide bonds. The monoisotopic (exact) mass is 487 g/mol. The Morgan fingerprint density at radius 3 is 2.63 bits per heavy atom. The molecule has 0 unspecified atom stereocenters. The molecular formula is C27H25N3O4S. The van der Waals surface area contributed by atoms with Gasteiger partial charge in [0, 0.05) is 36.4 Å². The normalized spacial score (nSPS) is 15.5. The molecule has 1 aliphatic rings. The molecule has 1 N–H and O–H groups in total. The number of benzene rings is 2. The van der Waals surface area contributed by atoms with Gasteiger partial charge >= 0.3 is 0 Å². The van der Waals surface area contributed by atoms with Crippen LogP contribution in [0.1, 0.15) is 44.7 Å². The minimum Gasteiger partial charge on any atom is -0.504 e. The highest BCUT2D eigenvalue weighted by molar-refractivity contribution is 7.89. The zero-order valence-corrected chi connectivity index (χ0v) is 20.1. The van der Waals surface area contributed by atoms with E-state index in [9.17, 15) is 18.3 Å². The molecule has 0 atom stereocenters. The predicted molar refractivity (Wildman–Crippen MR) is 134 cm³/mol. The second-order valence-electron chi connectivity index (χ2n) is 8.93. The van der Waals surface area contributed by atoms with Crippen molar-refractivity contribution in [3.63, 3.8) is 0 Å². The van der Waals surface area contributed by atoms with Crippen LogP contribution in [0.15, 0.2) is 67.0 Å². The zero-order chi connectivity index (χ0) is 24.6. The molecule has 0 radical (unpaired) electrons. The molecule has 178 valence electrons. The van der Waals surface area contributed by atoms with Crippen LogP contribution in [0.3, 0.4) is 0 Å². The first-order valence-electron chi connectivity index (χ1n) is 11.4. The first-order chi connectivity index (χ1) is 16.8. The van der Waals surface area contributed by atoms with Gasteiger partial charge in [0.25, 0.3) is 0 Å². The van der Waals surface area contributed by atoms with Gasteiger partial charge in [0.15, 0.2) is 11.4 Å². The first-order valence-corrected chi connectivity index (χ1v) is 13.0.